The fourth-order valence-corrected chi connectivity index (χ4v) is 2.79. The molecule has 1 heterocycles. The van der Waals surface area contributed by atoms with Crippen LogP contribution >= 0.6 is 0 Å². The van der Waals surface area contributed by atoms with Crippen molar-refractivity contribution in [1.29, 1.82) is 0 Å². The highest BCUT2D eigenvalue weighted by Crippen LogP contribution is 2.21. The summed E-state index contributed by atoms with van der Waals surface area (Å²) in [7, 11) is 2.15. The zero-order chi connectivity index (χ0) is 16.8. The molecular formula is C20H25N3O. The topological polar surface area (TPSA) is 28.1 Å². The van der Waals surface area contributed by atoms with Gasteiger partial charge in [0.2, 0.25) is 0 Å². The molecule has 3 rings (SSSR count). The first-order chi connectivity index (χ1) is 11.7. The number of rotatable bonds is 5. The van der Waals surface area contributed by atoms with E-state index < -0.39 is 0 Å². The Morgan fingerprint density at radius 2 is 1.62 bits per heavy atom. The maximum Gasteiger partial charge on any atom is 0.128 e. The molecule has 1 aliphatic rings. The Morgan fingerprint density at radius 1 is 0.958 bits per heavy atom. The average Bonchev–Trinajstić information content (AvgIpc) is 2.63. The third kappa shape index (κ3) is 4.36. The molecule has 0 aliphatic carbocycles. The smallest absolute Gasteiger partial charge is 0.128 e. The fraction of sp³-hybridized carbons (Fsp3) is 0.350. The minimum absolute atomic E-state index is 0.569. The van der Waals surface area contributed by atoms with E-state index in [1.54, 1.807) is 0 Å². The zero-order valence-corrected chi connectivity index (χ0v) is 14.5. The summed E-state index contributed by atoms with van der Waals surface area (Å²) >= 11 is 0. The molecule has 126 valence electrons. The highest BCUT2D eigenvalue weighted by atomic mass is 16.5. The van der Waals surface area contributed by atoms with Crippen LogP contribution in [0.2, 0.25) is 0 Å². The van der Waals surface area contributed by atoms with Gasteiger partial charge in [-0.2, -0.15) is 5.10 Å². The molecule has 0 bridgehead atoms. The van der Waals surface area contributed by atoms with Crippen molar-refractivity contribution in [3.63, 3.8) is 0 Å². The van der Waals surface area contributed by atoms with Gasteiger partial charge in [0.05, 0.1) is 5.71 Å². The van der Waals surface area contributed by atoms with Crippen molar-refractivity contribution in [3.05, 3.63) is 65.7 Å². The van der Waals surface area contributed by atoms with Gasteiger partial charge in [-0.3, -0.25) is 5.01 Å². The molecule has 2 aromatic carbocycles. The summed E-state index contributed by atoms with van der Waals surface area (Å²) in [6.07, 6.45) is 0. The second kappa shape index (κ2) is 7.97. The molecule has 0 saturated carbocycles. The Bertz CT molecular complexity index is 676. The molecule has 0 N–H and O–H groups in total. The normalized spacial score (nSPS) is 16.2. The molecule has 0 atom stereocenters. The van der Waals surface area contributed by atoms with E-state index in [1.165, 1.54) is 5.56 Å². The number of piperazine rings is 1. The summed E-state index contributed by atoms with van der Waals surface area (Å²) < 4.78 is 6.04. The Kier molecular flexibility index (Phi) is 5.49. The van der Waals surface area contributed by atoms with Crippen LogP contribution in [0.15, 0.2) is 59.7 Å². The van der Waals surface area contributed by atoms with E-state index in [9.17, 15) is 0 Å². The number of nitrogens with zero attached hydrogens (tertiary/aromatic N) is 3. The monoisotopic (exact) mass is 323 g/mol. The van der Waals surface area contributed by atoms with Gasteiger partial charge < -0.3 is 9.64 Å². The SMILES string of the molecule is CC(=NN1CCN(C)CC1)c1ccccc1OCc1ccccc1. The largest absolute Gasteiger partial charge is 0.488 e. The van der Waals surface area contributed by atoms with Crippen LogP contribution in [-0.4, -0.2) is 48.8 Å². The van der Waals surface area contributed by atoms with Crippen molar-refractivity contribution in [2.75, 3.05) is 33.2 Å². The highest BCUT2D eigenvalue weighted by molar-refractivity contribution is 6.00. The predicted molar refractivity (Wildman–Crippen MR) is 98.5 cm³/mol. The minimum atomic E-state index is 0.569. The summed E-state index contributed by atoms with van der Waals surface area (Å²) in [6.45, 7) is 6.69. The van der Waals surface area contributed by atoms with E-state index >= 15 is 0 Å². The third-order valence-electron chi connectivity index (χ3n) is 4.29. The van der Waals surface area contributed by atoms with Crippen molar-refractivity contribution >= 4 is 5.71 Å². The lowest BCUT2D eigenvalue weighted by atomic mass is 10.1. The molecule has 0 aromatic heterocycles. The number of benzene rings is 2. The lowest BCUT2D eigenvalue weighted by molar-refractivity contribution is 0.159. The van der Waals surface area contributed by atoms with Gasteiger partial charge in [-0.25, -0.2) is 0 Å². The van der Waals surface area contributed by atoms with Crippen LogP contribution in [0.5, 0.6) is 5.75 Å². The van der Waals surface area contributed by atoms with Gasteiger partial charge in [-0.1, -0.05) is 42.5 Å². The molecule has 1 saturated heterocycles. The van der Waals surface area contributed by atoms with Crippen LogP contribution in [0.1, 0.15) is 18.1 Å². The molecule has 2 aromatic rings. The molecule has 1 fully saturated rings. The molecule has 0 unspecified atom stereocenters. The lowest BCUT2D eigenvalue weighted by Gasteiger charge is -2.30. The van der Waals surface area contributed by atoms with Crippen LogP contribution in [0.3, 0.4) is 0 Å². The number of ether oxygens (including phenoxy) is 1. The van der Waals surface area contributed by atoms with E-state index in [4.69, 9.17) is 9.84 Å². The maximum absolute atomic E-state index is 6.04. The predicted octanol–water partition coefficient (Wildman–Crippen LogP) is 3.24. The second-order valence-corrected chi connectivity index (χ2v) is 6.21. The van der Waals surface area contributed by atoms with Gasteiger partial charge in [-0.05, 0) is 31.7 Å². The summed E-state index contributed by atoms with van der Waals surface area (Å²) in [4.78, 5) is 2.33. The van der Waals surface area contributed by atoms with Gasteiger partial charge in [0.1, 0.15) is 12.4 Å². The molecule has 0 amide bonds. The number of hydrogen-bond acceptors (Lipinski definition) is 4. The second-order valence-electron chi connectivity index (χ2n) is 6.21. The standard InChI is InChI=1S/C20H25N3O/c1-17(21-23-14-12-22(2)13-15-23)19-10-6-7-11-20(19)24-16-18-8-4-3-5-9-18/h3-11H,12-16H2,1-2H3. The highest BCUT2D eigenvalue weighted by Gasteiger charge is 2.13. The van der Waals surface area contributed by atoms with Crippen LogP contribution in [0.25, 0.3) is 0 Å². The average molecular weight is 323 g/mol. The van der Waals surface area contributed by atoms with Crippen molar-refractivity contribution in [1.82, 2.24) is 9.91 Å². The van der Waals surface area contributed by atoms with Crippen molar-refractivity contribution in [2.24, 2.45) is 5.10 Å². The Hall–Kier alpha value is -2.33. The Balaban J connectivity index is 1.71. The summed E-state index contributed by atoms with van der Waals surface area (Å²) in [5, 5.41) is 6.96. The van der Waals surface area contributed by atoms with E-state index in [2.05, 4.69) is 42.1 Å². The van der Waals surface area contributed by atoms with Crippen LogP contribution in [0, 0.1) is 0 Å². The van der Waals surface area contributed by atoms with Gasteiger partial charge in [-0.15, -0.1) is 0 Å². The van der Waals surface area contributed by atoms with Gasteiger partial charge in [0.15, 0.2) is 0 Å². The summed E-state index contributed by atoms with van der Waals surface area (Å²) in [6, 6.07) is 18.4. The van der Waals surface area contributed by atoms with E-state index in [0.717, 1.165) is 43.2 Å². The fourth-order valence-electron chi connectivity index (χ4n) is 2.79. The Morgan fingerprint density at radius 3 is 2.38 bits per heavy atom. The van der Waals surface area contributed by atoms with E-state index in [0.29, 0.717) is 6.61 Å². The first-order valence-corrected chi connectivity index (χ1v) is 8.47. The first kappa shape index (κ1) is 16.5. The zero-order valence-electron chi connectivity index (χ0n) is 14.5. The number of hydrogen-bond donors (Lipinski definition) is 0. The van der Waals surface area contributed by atoms with E-state index in [1.807, 2.05) is 36.4 Å². The van der Waals surface area contributed by atoms with Gasteiger partial charge in [0.25, 0.3) is 0 Å². The summed E-state index contributed by atoms with van der Waals surface area (Å²) in [5.41, 5.74) is 3.23. The van der Waals surface area contributed by atoms with E-state index in [-0.39, 0.29) is 0 Å². The third-order valence-corrected chi connectivity index (χ3v) is 4.29. The van der Waals surface area contributed by atoms with Gasteiger partial charge in [0, 0.05) is 31.7 Å². The molecule has 0 spiro atoms. The minimum Gasteiger partial charge on any atom is -0.488 e. The van der Waals surface area contributed by atoms with Crippen molar-refractivity contribution in [3.8, 4) is 5.75 Å². The van der Waals surface area contributed by atoms with Crippen molar-refractivity contribution in [2.45, 2.75) is 13.5 Å². The van der Waals surface area contributed by atoms with Crippen LogP contribution in [-0.2, 0) is 6.61 Å². The number of para-hydroxylation sites is 1. The molecule has 24 heavy (non-hydrogen) atoms. The molecule has 1 aliphatic heterocycles. The van der Waals surface area contributed by atoms with Crippen LogP contribution in [0.4, 0.5) is 0 Å². The lowest BCUT2D eigenvalue weighted by Crippen LogP contribution is -2.42. The number of likely N-dealkylation sites (N-methyl/N-ethyl adjacent to an activating group) is 1. The Labute approximate surface area is 144 Å². The maximum atomic E-state index is 6.04. The quantitative estimate of drug-likeness (QED) is 0.791. The summed E-state index contributed by atoms with van der Waals surface area (Å²) in [5.74, 6) is 0.886. The van der Waals surface area contributed by atoms with Gasteiger partial charge >= 0.3 is 0 Å². The number of hydrazone groups is 1. The molecule has 4 nitrogen and oxygen atoms in total. The molecular weight excluding hydrogens is 298 g/mol. The molecule has 4 heteroatoms. The van der Waals surface area contributed by atoms with Crippen molar-refractivity contribution < 1.29 is 4.74 Å². The van der Waals surface area contributed by atoms with Crippen LogP contribution < -0.4 is 4.74 Å². The molecule has 0 radical (unpaired) electrons. The first-order valence-electron chi connectivity index (χ1n) is 8.47.